The summed E-state index contributed by atoms with van der Waals surface area (Å²) in [5.74, 6) is 0.815. The molecule has 1 unspecified atom stereocenters. The third-order valence-electron chi connectivity index (χ3n) is 3.74. The summed E-state index contributed by atoms with van der Waals surface area (Å²) < 4.78 is 34.3. The Hall–Kier alpha value is -1.86. The molecule has 0 aliphatic heterocycles. The molecule has 1 aliphatic carbocycles. The van der Waals surface area contributed by atoms with Gasteiger partial charge in [0, 0.05) is 19.3 Å². The molecule has 1 aromatic carbocycles. The van der Waals surface area contributed by atoms with Crippen LogP contribution in [0.3, 0.4) is 0 Å². The van der Waals surface area contributed by atoms with Crippen molar-refractivity contribution in [3.63, 3.8) is 0 Å². The maximum atomic E-state index is 12.4. The lowest BCUT2D eigenvalue weighted by Crippen LogP contribution is -2.27. The molecule has 1 aliphatic rings. The Morgan fingerprint density at radius 3 is 2.90 bits per heavy atom. The Morgan fingerprint density at radius 1 is 1.43 bits per heavy atom. The van der Waals surface area contributed by atoms with Crippen molar-refractivity contribution in [1.82, 2.24) is 14.5 Å². The van der Waals surface area contributed by atoms with Crippen molar-refractivity contribution in [2.45, 2.75) is 23.8 Å². The number of hydrogen-bond donors (Lipinski definition) is 1. The van der Waals surface area contributed by atoms with Crippen molar-refractivity contribution in [3.8, 4) is 5.75 Å². The summed E-state index contributed by atoms with van der Waals surface area (Å²) in [5, 5.41) is 3.91. The fourth-order valence-electron chi connectivity index (χ4n) is 2.73. The molecule has 7 heteroatoms. The molecule has 0 bridgehead atoms. The lowest BCUT2D eigenvalue weighted by atomic mass is 10.1. The summed E-state index contributed by atoms with van der Waals surface area (Å²) in [5.41, 5.74) is 2.07. The Kier molecular flexibility index (Phi) is 3.46. The molecular weight excluding hydrogens is 290 g/mol. The molecule has 0 saturated heterocycles. The summed E-state index contributed by atoms with van der Waals surface area (Å²) in [6, 6.07) is 5.51. The van der Waals surface area contributed by atoms with Crippen molar-refractivity contribution in [2.75, 3.05) is 7.11 Å². The number of aryl methyl sites for hydroxylation is 1. The van der Waals surface area contributed by atoms with E-state index >= 15 is 0 Å². The molecule has 3 rings (SSSR count). The molecule has 0 fully saturated rings. The Morgan fingerprint density at radius 2 is 2.24 bits per heavy atom. The first-order valence-corrected chi connectivity index (χ1v) is 8.16. The van der Waals surface area contributed by atoms with E-state index in [9.17, 15) is 8.42 Å². The van der Waals surface area contributed by atoms with Crippen molar-refractivity contribution >= 4 is 10.0 Å². The molecule has 6 nitrogen and oxygen atoms in total. The van der Waals surface area contributed by atoms with Crippen LogP contribution in [0, 0.1) is 0 Å². The van der Waals surface area contributed by atoms with E-state index in [4.69, 9.17) is 4.74 Å². The Labute approximate surface area is 123 Å². The van der Waals surface area contributed by atoms with Crippen LogP contribution >= 0.6 is 0 Å². The zero-order chi connectivity index (χ0) is 15.0. The van der Waals surface area contributed by atoms with Crippen molar-refractivity contribution in [1.29, 1.82) is 0 Å². The highest BCUT2D eigenvalue weighted by molar-refractivity contribution is 7.89. The third kappa shape index (κ3) is 2.54. The van der Waals surface area contributed by atoms with Gasteiger partial charge in [-0.15, -0.1) is 0 Å². The molecule has 0 saturated carbocycles. The van der Waals surface area contributed by atoms with E-state index in [1.807, 2.05) is 18.2 Å². The fraction of sp³-hybridized carbons (Fsp3) is 0.357. The van der Waals surface area contributed by atoms with Crippen LogP contribution in [0.2, 0.25) is 0 Å². The van der Waals surface area contributed by atoms with Gasteiger partial charge < -0.3 is 4.74 Å². The summed E-state index contributed by atoms with van der Waals surface area (Å²) in [7, 11) is -0.242. The first-order chi connectivity index (χ1) is 10.0. The standard InChI is InChI=1S/C14H17N3O3S/c1-17-9-10(8-15-17)21(18,19)16-13-7-6-12-11(13)4-3-5-14(12)20-2/h3-5,8-9,13,16H,6-7H2,1-2H3. The minimum absolute atomic E-state index is 0.182. The fourth-order valence-corrected chi connectivity index (χ4v) is 3.96. The van der Waals surface area contributed by atoms with Gasteiger partial charge in [-0.05, 0) is 30.0 Å². The summed E-state index contributed by atoms with van der Waals surface area (Å²) in [6.45, 7) is 0. The molecule has 0 spiro atoms. The number of sulfonamides is 1. The molecule has 1 heterocycles. The van der Waals surface area contributed by atoms with Gasteiger partial charge in [-0.2, -0.15) is 5.10 Å². The summed E-state index contributed by atoms with van der Waals surface area (Å²) >= 11 is 0. The third-order valence-corrected chi connectivity index (χ3v) is 5.16. The number of fused-ring (bicyclic) bond motifs is 1. The van der Waals surface area contributed by atoms with Gasteiger partial charge in [0.1, 0.15) is 10.6 Å². The summed E-state index contributed by atoms with van der Waals surface area (Å²) in [6.07, 6.45) is 4.38. The minimum Gasteiger partial charge on any atom is -0.496 e. The number of aromatic nitrogens is 2. The smallest absolute Gasteiger partial charge is 0.244 e. The predicted molar refractivity (Wildman–Crippen MR) is 77.6 cm³/mol. The number of rotatable bonds is 4. The predicted octanol–water partition coefficient (Wildman–Crippen LogP) is 1.39. The first kappa shape index (κ1) is 14.1. The molecule has 0 amide bonds. The highest BCUT2D eigenvalue weighted by Crippen LogP contribution is 2.37. The average Bonchev–Trinajstić information content (AvgIpc) is 3.06. The highest BCUT2D eigenvalue weighted by Gasteiger charge is 2.29. The van der Waals surface area contributed by atoms with Gasteiger partial charge >= 0.3 is 0 Å². The number of nitrogens with one attached hydrogen (secondary N) is 1. The molecule has 1 N–H and O–H groups in total. The van der Waals surface area contributed by atoms with Crippen LogP contribution in [-0.2, 0) is 23.5 Å². The van der Waals surface area contributed by atoms with E-state index in [0.29, 0.717) is 0 Å². The van der Waals surface area contributed by atoms with Crippen LogP contribution in [0.25, 0.3) is 0 Å². The molecule has 1 aromatic heterocycles. The average molecular weight is 307 g/mol. The number of ether oxygens (including phenoxy) is 1. The van der Waals surface area contributed by atoms with Gasteiger partial charge in [0.15, 0.2) is 0 Å². The Bertz CT molecular complexity index is 768. The topological polar surface area (TPSA) is 73.2 Å². The maximum Gasteiger partial charge on any atom is 0.244 e. The monoisotopic (exact) mass is 307 g/mol. The van der Waals surface area contributed by atoms with Crippen molar-refractivity contribution in [3.05, 3.63) is 41.7 Å². The zero-order valence-electron chi connectivity index (χ0n) is 11.9. The first-order valence-electron chi connectivity index (χ1n) is 6.68. The minimum atomic E-state index is -3.56. The molecule has 1 atom stereocenters. The summed E-state index contributed by atoms with van der Waals surface area (Å²) in [4.78, 5) is 0.182. The lowest BCUT2D eigenvalue weighted by molar-refractivity contribution is 0.410. The molecule has 0 radical (unpaired) electrons. The van der Waals surface area contributed by atoms with Crippen LogP contribution in [-0.4, -0.2) is 25.3 Å². The molecule has 21 heavy (non-hydrogen) atoms. The second-order valence-electron chi connectivity index (χ2n) is 5.09. The van der Waals surface area contributed by atoms with Crippen molar-refractivity contribution < 1.29 is 13.2 Å². The van der Waals surface area contributed by atoms with Gasteiger partial charge in [0.25, 0.3) is 0 Å². The molecule has 112 valence electrons. The van der Waals surface area contributed by atoms with Crippen LogP contribution in [0.4, 0.5) is 0 Å². The van der Waals surface area contributed by atoms with E-state index < -0.39 is 10.0 Å². The second-order valence-corrected chi connectivity index (χ2v) is 6.80. The normalized spacial score (nSPS) is 17.7. The van der Waals surface area contributed by atoms with E-state index in [0.717, 1.165) is 29.7 Å². The Balaban J connectivity index is 1.89. The van der Waals surface area contributed by atoms with Gasteiger partial charge in [-0.3, -0.25) is 4.68 Å². The van der Waals surface area contributed by atoms with E-state index in [1.165, 1.54) is 17.1 Å². The van der Waals surface area contributed by atoms with Gasteiger partial charge in [-0.25, -0.2) is 13.1 Å². The van der Waals surface area contributed by atoms with Gasteiger partial charge in [0.05, 0.1) is 13.3 Å². The van der Waals surface area contributed by atoms with Gasteiger partial charge in [-0.1, -0.05) is 12.1 Å². The number of benzene rings is 1. The van der Waals surface area contributed by atoms with Crippen LogP contribution < -0.4 is 9.46 Å². The second kappa shape index (κ2) is 5.16. The number of methoxy groups -OCH3 is 1. The van der Waals surface area contributed by atoms with Crippen LogP contribution in [0.15, 0.2) is 35.5 Å². The maximum absolute atomic E-state index is 12.4. The number of hydrogen-bond acceptors (Lipinski definition) is 4. The SMILES string of the molecule is COc1cccc2c1CCC2NS(=O)(=O)c1cnn(C)c1. The quantitative estimate of drug-likeness (QED) is 0.926. The van der Waals surface area contributed by atoms with E-state index in [-0.39, 0.29) is 10.9 Å². The lowest BCUT2D eigenvalue weighted by Gasteiger charge is -2.14. The number of nitrogens with zero attached hydrogens (tertiary/aromatic N) is 2. The van der Waals surface area contributed by atoms with E-state index in [1.54, 1.807) is 14.2 Å². The van der Waals surface area contributed by atoms with Crippen LogP contribution in [0.1, 0.15) is 23.6 Å². The zero-order valence-corrected chi connectivity index (χ0v) is 12.7. The van der Waals surface area contributed by atoms with Crippen LogP contribution in [0.5, 0.6) is 5.75 Å². The van der Waals surface area contributed by atoms with E-state index in [2.05, 4.69) is 9.82 Å². The highest BCUT2D eigenvalue weighted by atomic mass is 32.2. The van der Waals surface area contributed by atoms with Gasteiger partial charge in [0.2, 0.25) is 10.0 Å². The molecule has 2 aromatic rings. The van der Waals surface area contributed by atoms with Crippen molar-refractivity contribution in [2.24, 2.45) is 7.05 Å². The molecular formula is C14H17N3O3S. The largest absolute Gasteiger partial charge is 0.496 e.